The fourth-order valence-corrected chi connectivity index (χ4v) is 2.68. The number of pyridine rings is 1. The molecule has 3 rings (SSSR count). The summed E-state index contributed by atoms with van der Waals surface area (Å²) in [5.74, 6) is 1.30. The minimum Gasteiger partial charge on any atom is -0.494 e. The Balaban J connectivity index is 1.64. The Morgan fingerprint density at radius 3 is 2.24 bits per heavy atom. The molecule has 0 aliphatic rings. The van der Waals surface area contributed by atoms with Gasteiger partial charge in [0, 0.05) is 23.3 Å². The molecule has 0 saturated heterocycles. The normalized spacial score (nSPS) is 10.5. The maximum atomic E-state index is 12.5. The van der Waals surface area contributed by atoms with Crippen molar-refractivity contribution in [2.75, 3.05) is 17.2 Å². The molecule has 3 aromatic rings. The molecule has 0 unspecified atom stereocenters. The quantitative estimate of drug-likeness (QED) is 0.548. The Labute approximate surface area is 170 Å². The fourth-order valence-electron chi connectivity index (χ4n) is 2.68. The Kier molecular flexibility index (Phi) is 6.68. The molecule has 0 fully saturated rings. The van der Waals surface area contributed by atoms with Gasteiger partial charge in [0.15, 0.2) is 0 Å². The van der Waals surface area contributed by atoms with Gasteiger partial charge in [0.05, 0.1) is 12.7 Å². The predicted molar refractivity (Wildman–Crippen MR) is 115 cm³/mol. The van der Waals surface area contributed by atoms with Crippen LogP contribution in [-0.4, -0.2) is 23.6 Å². The van der Waals surface area contributed by atoms with Crippen molar-refractivity contribution < 1.29 is 14.3 Å². The van der Waals surface area contributed by atoms with E-state index in [0.29, 0.717) is 18.0 Å². The minimum absolute atomic E-state index is 0.102. The number of ether oxygens (including phenoxy) is 2. The summed E-state index contributed by atoms with van der Waals surface area (Å²) in [5, 5.41) is 6.12. The van der Waals surface area contributed by atoms with Crippen LogP contribution in [0, 0.1) is 0 Å². The lowest BCUT2D eigenvalue weighted by Crippen LogP contribution is -2.14. The predicted octanol–water partition coefficient (Wildman–Crippen LogP) is 5.26. The summed E-state index contributed by atoms with van der Waals surface area (Å²) >= 11 is 0. The van der Waals surface area contributed by atoms with Gasteiger partial charge in [0.2, 0.25) is 0 Å². The van der Waals surface area contributed by atoms with Crippen LogP contribution >= 0.6 is 0 Å². The molecule has 1 heterocycles. The van der Waals surface area contributed by atoms with Crippen molar-refractivity contribution in [3.05, 3.63) is 72.6 Å². The first-order chi connectivity index (χ1) is 14.0. The molecule has 0 spiro atoms. The first-order valence-electron chi connectivity index (χ1n) is 9.57. The number of anilines is 3. The van der Waals surface area contributed by atoms with E-state index < -0.39 is 0 Å². The largest absolute Gasteiger partial charge is 0.494 e. The molecule has 0 aliphatic heterocycles. The van der Waals surface area contributed by atoms with E-state index >= 15 is 0 Å². The Bertz CT molecular complexity index is 938. The number of hydrogen-bond acceptors (Lipinski definition) is 5. The Morgan fingerprint density at radius 2 is 1.59 bits per heavy atom. The number of nitrogens with one attached hydrogen (secondary N) is 2. The van der Waals surface area contributed by atoms with Gasteiger partial charge in [-0.1, -0.05) is 0 Å². The highest BCUT2D eigenvalue weighted by molar-refractivity contribution is 6.03. The third kappa shape index (κ3) is 5.97. The molecule has 2 N–H and O–H groups in total. The van der Waals surface area contributed by atoms with Crippen molar-refractivity contribution in [3.8, 4) is 11.5 Å². The van der Waals surface area contributed by atoms with Crippen molar-refractivity contribution in [3.63, 3.8) is 0 Å². The molecule has 1 amide bonds. The molecule has 0 radical (unpaired) electrons. The van der Waals surface area contributed by atoms with E-state index in [0.717, 1.165) is 22.9 Å². The topological polar surface area (TPSA) is 72.5 Å². The molecule has 0 bridgehead atoms. The highest BCUT2D eigenvalue weighted by Crippen LogP contribution is 2.21. The smallest absolute Gasteiger partial charge is 0.274 e. The summed E-state index contributed by atoms with van der Waals surface area (Å²) in [4.78, 5) is 16.7. The van der Waals surface area contributed by atoms with E-state index in [1.807, 2.05) is 63.2 Å². The summed E-state index contributed by atoms with van der Waals surface area (Å²) in [7, 11) is 0. The van der Waals surface area contributed by atoms with Crippen LogP contribution in [0.5, 0.6) is 11.5 Å². The van der Waals surface area contributed by atoms with Gasteiger partial charge >= 0.3 is 0 Å². The first kappa shape index (κ1) is 20.2. The van der Waals surface area contributed by atoms with Gasteiger partial charge in [-0.05, 0) is 81.4 Å². The van der Waals surface area contributed by atoms with Gasteiger partial charge in [0.25, 0.3) is 5.91 Å². The monoisotopic (exact) mass is 391 g/mol. The van der Waals surface area contributed by atoms with Gasteiger partial charge in [-0.3, -0.25) is 9.78 Å². The Morgan fingerprint density at radius 1 is 0.931 bits per heavy atom. The van der Waals surface area contributed by atoms with Crippen LogP contribution in [0.4, 0.5) is 17.1 Å². The molecule has 150 valence electrons. The van der Waals surface area contributed by atoms with Crippen molar-refractivity contribution in [2.45, 2.75) is 26.9 Å². The molecule has 29 heavy (non-hydrogen) atoms. The number of rotatable bonds is 8. The molecule has 0 aliphatic carbocycles. The van der Waals surface area contributed by atoms with E-state index in [9.17, 15) is 4.79 Å². The number of benzene rings is 2. The van der Waals surface area contributed by atoms with Crippen LogP contribution in [0.25, 0.3) is 0 Å². The van der Waals surface area contributed by atoms with Gasteiger partial charge in [0.1, 0.15) is 17.2 Å². The van der Waals surface area contributed by atoms with E-state index in [1.54, 1.807) is 24.4 Å². The third-order valence-electron chi connectivity index (χ3n) is 3.93. The second-order valence-electron chi connectivity index (χ2n) is 6.66. The highest BCUT2D eigenvalue weighted by atomic mass is 16.5. The average Bonchev–Trinajstić information content (AvgIpc) is 2.71. The van der Waals surface area contributed by atoms with Gasteiger partial charge in [-0.25, -0.2) is 0 Å². The van der Waals surface area contributed by atoms with Crippen LogP contribution in [-0.2, 0) is 0 Å². The molecular weight excluding hydrogens is 366 g/mol. The van der Waals surface area contributed by atoms with E-state index in [4.69, 9.17) is 9.47 Å². The first-order valence-corrected chi connectivity index (χ1v) is 9.57. The van der Waals surface area contributed by atoms with Crippen molar-refractivity contribution in [1.82, 2.24) is 4.98 Å². The van der Waals surface area contributed by atoms with Gasteiger partial charge in [-0.15, -0.1) is 0 Å². The number of aromatic nitrogens is 1. The van der Waals surface area contributed by atoms with E-state index in [1.165, 1.54) is 0 Å². The zero-order valence-electron chi connectivity index (χ0n) is 16.8. The van der Waals surface area contributed by atoms with Crippen LogP contribution in [0.2, 0.25) is 0 Å². The van der Waals surface area contributed by atoms with Crippen molar-refractivity contribution in [2.24, 2.45) is 0 Å². The minimum atomic E-state index is -0.280. The number of amides is 1. The summed E-state index contributed by atoms with van der Waals surface area (Å²) in [6.07, 6.45) is 1.70. The summed E-state index contributed by atoms with van der Waals surface area (Å²) < 4.78 is 11.1. The number of carbonyl (C=O) groups excluding carboxylic acids is 1. The van der Waals surface area contributed by atoms with Crippen LogP contribution < -0.4 is 20.1 Å². The van der Waals surface area contributed by atoms with E-state index in [-0.39, 0.29) is 12.0 Å². The molecular formula is C23H25N3O3. The zero-order chi connectivity index (χ0) is 20.6. The van der Waals surface area contributed by atoms with E-state index in [2.05, 4.69) is 15.6 Å². The third-order valence-corrected chi connectivity index (χ3v) is 3.93. The molecule has 6 nitrogen and oxygen atoms in total. The van der Waals surface area contributed by atoms with Crippen LogP contribution in [0.1, 0.15) is 31.3 Å². The zero-order valence-corrected chi connectivity index (χ0v) is 16.8. The SMILES string of the molecule is CCOc1ccc(Nc2ccnc(C(=O)Nc3ccc(OC(C)C)cc3)c2)cc1. The standard InChI is InChI=1S/C23H25N3O3/c1-4-28-20-9-5-17(6-10-20)25-19-13-14-24-22(15-19)23(27)26-18-7-11-21(12-8-18)29-16(2)3/h5-16H,4H2,1-3H3,(H,24,25)(H,26,27). The summed E-state index contributed by atoms with van der Waals surface area (Å²) in [5.41, 5.74) is 2.67. The lowest BCUT2D eigenvalue weighted by molar-refractivity contribution is 0.102. The fraction of sp³-hybridized carbons (Fsp3) is 0.217. The molecule has 0 saturated carbocycles. The lowest BCUT2D eigenvalue weighted by Gasteiger charge is -2.11. The number of nitrogens with zero attached hydrogens (tertiary/aromatic N) is 1. The second kappa shape index (κ2) is 9.59. The summed E-state index contributed by atoms with van der Waals surface area (Å²) in [6.45, 7) is 6.51. The number of hydrogen-bond donors (Lipinski definition) is 2. The maximum Gasteiger partial charge on any atom is 0.274 e. The van der Waals surface area contributed by atoms with Crippen molar-refractivity contribution in [1.29, 1.82) is 0 Å². The second-order valence-corrected chi connectivity index (χ2v) is 6.66. The maximum absolute atomic E-state index is 12.5. The molecule has 2 aromatic carbocycles. The molecule has 1 aromatic heterocycles. The van der Waals surface area contributed by atoms with Gasteiger partial charge in [-0.2, -0.15) is 0 Å². The van der Waals surface area contributed by atoms with Crippen LogP contribution in [0.15, 0.2) is 66.9 Å². The molecule has 6 heteroatoms. The summed E-state index contributed by atoms with van der Waals surface area (Å²) in [6, 6.07) is 18.4. The van der Waals surface area contributed by atoms with Gasteiger partial charge < -0.3 is 20.1 Å². The average molecular weight is 391 g/mol. The molecule has 0 atom stereocenters. The van der Waals surface area contributed by atoms with Crippen molar-refractivity contribution >= 4 is 23.0 Å². The lowest BCUT2D eigenvalue weighted by atomic mass is 10.2. The Hall–Kier alpha value is -3.54. The van der Waals surface area contributed by atoms with Crippen LogP contribution in [0.3, 0.4) is 0 Å². The highest BCUT2D eigenvalue weighted by Gasteiger charge is 2.09. The number of carbonyl (C=O) groups is 1.